The maximum absolute atomic E-state index is 12.4. The molecular weight excluding hydrogens is 316 g/mol. The number of carbonyl (C=O) groups excluding carboxylic acids is 2. The van der Waals surface area contributed by atoms with Crippen LogP contribution in [0.25, 0.3) is 0 Å². The number of anilines is 2. The molecule has 1 aromatic carbocycles. The Balaban J connectivity index is 3.15. The van der Waals surface area contributed by atoms with Crippen LogP contribution in [0.4, 0.5) is 16.2 Å². The van der Waals surface area contributed by atoms with Crippen molar-refractivity contribution in [3.8, 4) is 0 Å². The van der Waals surface area contributed by atoms with Gasteiger partial charge in [-0.2, -0.15) is 0 Å². The van der Waals surface area contributed by atoms with E-state index in [4.69, 9.17) is 0 Å². The van der Waals surface area contributed by atoms with E-state index in [1.54, 1.807) is 4.90 Å². The fraction of sp³-hybridized carbons (Fsp3) is 0.579. The Morgan fingerprint density at radius 1 is 1.12 bits per heavy atom. The topological polar surface area (TPSA) is 64.7 Å². The van der Waals surface area contributed by atoms with Gasteiger partial charge in [-0.1, -0.05) is 13.8 Å². The molecule has 0 unspecified atom stereocenters. The van der Waals surface area contributed by atoms with E-state index < -0.39 is 0 Å². The molecule has 0 saturated heterocycles. The van der Waals surface area contributed by atoms with Gasteiger partial charge in [-0.05, 0) is 44.5 Å². The molecule has 3 amide bonds. The minimum absolute atomic E-state index is 0.0204. The first kappa shape index (κ1) is 20.8. The Bertz CT molecular complexity index is 597. The Hall–Kier alpha value is -2.24. The second-order valence-electron chi connectivity index (χ2n) is 6.94. The molecule has 0 aromatic heterocycles. The summed E-state index contributed by atoms with van der Waals surface area (Å²) in [6.07, 6.45) is 0. The number of hydrogen-bond acceptors (Lipinski definition) is 3. The van der Waals surface area contributed by atoms with E-state index in [-0.39, 0.29) is 23.9 Å². The summed E-state index contributed by atoms with van der Waals surface area (Å²) in [6.45, 7) is 10.7. The van der Waals surface area contributed by atoms with Crippen molar-refractivity contribution in [3.05, 3.63) is 23.8 Å². The molecule has 6 nitrogen and oxygen atoms in total. The van der Waals surface area contributed by atoms with Crippen molar-refractivity contribution in [1.29, 1.82) is 0 Å². The number of hydrogen-bond donors (Lipinski definition) is 2. The molecule has 0 aliphatic carbocycles. The first-order valence-corrected chi connectivity index (χ1v) is 8.82. The average molecular weight is 348 g/mol. The van der Waals surface area contributed by atoms with Crippen LogP contribution < -0.4 is 15.5 Å². The highest BCUT2D eigenvalue weighted by Crippen LogP contribution is 2.25. The van der Waals surface area contributed by atoms with E-state index >= 15 is 0 Å². The smallest absolute Gasteiger partial charge is 0.317 e. The van der Waals surface area contributed by atoms with E-state index in [2.05, 4.69) is 10.6 Å². The summed E-state index contributed by atoms with van der Waals surface area (Å²) < 4.78 is 0. The third-order valence-electron chi connectivity index (χ3n) is 3.91. The van der Waals surface area contributed by atoms with Crippen molar-refractivity contribution in [2.24, 2.45) is 5.92 Å². The minimum atomic E-state index is -0.0844. The summed E-state index contributed by atoms with van der Waals surface area (Å²) in [6, 6.07) is 5.80. The van der Waals surface area contributed by atoms with Gasteiger partial charge in [0.15, 0.2) is 0 Å². The summed E-state index contributed by atoms with van der Waals surface area (Å²) in [7, 11) is 3.94. The van der Waals surface area contributed by atoms with Crippen LogP contribution in [0.2, 0.25) is 0 Å². The van der Waals surface area contributed by atoms with Gasteiger partial charge in [-0.3, -0.25) is 4.79 Å². The predicted molar refractivity (Wildman–Crippen MR) is 104 cm³/mol. The van der Waals surface area contributed by atoms with E-state index in [9.17, 15) is 9.59 Å². The summed E-state index contributed by atoms with van der Waals surface area (Å²) in [5, 5.41) is 5.79. The van der Waals surface area contributed by atoms with Crippen LogP contribution in [0.5, 0.6) is 0 Å². The first-order valence-electron chi connectivity index (χ1n) is 8.82. The summed E-state index contributed by atoms with van der Waals surface area (Å²) >= 11 is 0. The molecule has 0 radical (unpaired) electrons. The molecule has 0 spiro atoms. The molecule has 0 bridgehead atoms. The van der Waals surface area contributed by atoms with E-state index in [0.717, 1.165) is 16.9 Å². The monoisotopic (exact) mass is 348 g/mol. The van der Waals surface area contributed by atoms with Crippen LogP contribution in [-0.2, 0) is 11.3 Å². The number of rotatable bonds is 7. The Kier molecular flexibility index (Phi) is 7.74. The number of nitrogens with one attached hydrogen (secondary N) is 2. The molecule has 0 atom stereocenters. The van der Waals surface area contributed by atoms with Crippen LogP contribution in [0.3, 0.4) is 0 Å². The number of nitrogens with zero attached hydrogens (tertiary/aromatic N) is 2. The van der Waals surface area contributed by atoms with Gasteiger partial charge < -0.3 is 20.4 Å². The molecule has 0 saturated carbocycles. The second kappa shape index (κ2) is 9.30. The lowest BCUT2D eigenvalue weighted by Gasteiger charge is -2.29. The lowest BCUT2D eigenvalue weighted by atomic mass is 10.1. The molecule has 1 aromatic rings. The number of urea groups is 1. The SMILES string of the molecule is CCNC(=O)N(Cc1cc(NC(=O)C(C)C)ccc1N(C)C)C(C)C. The van der Waals surface area contributed by atoms with E-state index in [1.807, 2.05) is 71.8 Å². The van der Waals surface area contributed by atoms with Crippen LogP contribution in [0.15, 0.2) is 18.2 Å². The van der Waals surface area contributed by atoms with Crippen molar-refractivity contribution in [2.45, 2.75) is 47.2 Å². The van der Waals surface area contributed by atoms with E-state index in [0.29, 0.717) is 13.1 Å². The van der Waals surface area contributed by atoms with E-state index in [1.165, 1.54) is 0 Å². The Morgan fingerprint density at radius 2 is 1.76 bits per heavy atom. The maximum Gasteiger partial charge on any atom is 0.317 e. The van der Waals surface area contributed by atoms with Crippen molar-refractivity contribution in [1.82, 2.24) is 10.2 Å². The van der Waals surface area contributed by atoms with Gasteiger partial charge in [0.05, 0.1) is 0 Å². The van der Waals surface area contributed by atoms with Gasteiger partial charge >= 0.3 is 6.03 Å². The van der Waals surface area contributed by atoms with Crippen LogP contribution in [-0.4, -0.2) is 43.5 Å². The minimum Gasteiger partial charge on any atom is -0.377 e. The molecule has 0 fully saturated rings. The van der Waals surface area contributed by atoms with Gasteiger partial charge in [-0.25, -0.2) is 4.79 Å². The molecule has 1 rings (SSSR count). The number of benzene rings is 1. The first-order chi connectivity index (χ1) is 11.7. The standard InChI is InChI=1S/C19H32N4O2/c1-8-20-19(25)23(14(4)5)12-15-11-16(21-18(24)13(2)3)9-10-17(15)22(6)7/h9-11,13-14H,8,12H2,1-7H3,(H,20,25)(H,21,24). The summed E-state index contributed by atoms with van der Waals surface area (Å²) in [5.41, 5.74) is 2.77. The van der Waals surface area contributed by atoms with Gasteiger partial charge in [-0.15, -0.1) is 0 Å². The second-order valence-corrected chi connectivity index (χ2v) is 6.94. The molecule has 25 heavy (non-hydrogen) atoms. The lowest BCUT2D eigenvalue weighted by molar-refractivity contribution is -0.118. The van der Waals surface area contributed by atoms with Crippen molar-refractivity contribution in [2.75, 3.05) is 30.9 Å². The molecule has 0 aliphatic heterocycles. The highest BCUT2D eigenvalue weighted by Gasteiger charge is 2.19. The van der Waals surface area contributed by atoms with Crippen molar-refractivity contribution in [3.63, 3.8) is 0 Å². The van der Waals surface area contributed by atoms with Gasteiger partial charge in [0.1, 0.15) is 0 Å². The van der Waals surface area contributed by atoms with Crippen LogP contribution in [0, 0.1) is 5.92 Å². The Labute approximate surface area is 151 Å². The third-order valence-corrected chi connectivity index (χ3v) is 3.91. The normalized spacial score (nSPS) is 10.8. The maximum atomic E-state index is 12.4. The zero-order valence-corrected chi connectivity index (χ0v) is 16.5. The Morgan fingerprint density at radius 3 is 2.24 bits per heavy atom. The van der Waals surface area contributed by atoms with Crippen molar-refractivity contribution >= 4 is 23.3 Å². The van der Waals surface area contributed by atoms with Crippen LogP contribution in [0.1, 0.15) is 40.2 Å². The molecule has 0 aliphatic rings. The average Bonchev–Trinajstić information content (AvgIpc) is 2.52. The number of carbonyl (C=O) groups is 2. The van der Waals surface area contributed by atoms with Crippen LogP contribution >= 0.6 is 0 Å². The molecule has 6 heteroatoms. The molecular formula is C19H32N4O2. The fourth-order valence-electron chi connectivity index (χ4n) is 2.44. The van der Waals surface area contributed by atoms with Crippen molar-refractivity contribution < 1.29 is 9.59 Å². The zero-order chi connectivity index (χ0) is 19.1. The molecule has 140 valence electrons. The highest BCUT2D eigenvalue weighted by molar-refractivity contribution is 5.92. The summed E-state index contributed by atoms with van der Waals surface area (Å²) in [5.74, 6) is -0.104. The van der Waals surface area contributed by atoms with Gasteiger partial charge in [0.25, 0.3) is 0 Å². The third kappa shape index (κ3) is 5.96. The zero-order valence-electron chi connectivity index (χ0n) is 16.5. The fourth-order valence-corrected chi connectivity index (χ4v) is 2.44. The number of amides is 3. The van der Waals surface area contributed by atoms with Gasteiger partial charge in [0.2, 0.25) is 5.91 Å². The highest BCUT2D eigenvalue weighted by atomic mass is 16.2. The lowest BCUT2D eigenvalue weighted by Crippen LogP contribution is -2.43. The largest absolute Gasteiger partial charge is 0.377 e. The quantitative estimate of drug-likeness (QED) is 0.795. The predicted octanol–water partition coefficient (Wildman–Crippen LogP) is 3.29. The van der Waals surface area contributed by atoms with Gasteiger partial charge in [0, 0.05) is 50.5 Å². The molecule has 0 heterocycles. The summed E-state index contributed by atoms with van der Waals surface area (Å²) in [4.78, 5) is 28.1. The molecule has 2 N–H and O–H groups in total.